The lowest BCUT2D eigenvalue weighted by molar-refractivity contribution is 0.0940. The quantitative estimate of drug-likeness (QED) is 0.332. The van der Waals surface area contributed by atoms with Crippen LogP contribution in [0.1, 0.15) is 36.2 Å². The third-order valence-electron chi connectivity index (χ3n) is 5.64. The Kier molecular flexibility index (Phi) is 7.30. The molecule has 1 amide bonds. The monoisotopic (exact) mass is 529 g/mol. The smallest absolute Gasteiger partial charge is 0.308 e. The van der Waals surface area contributed by atoms with E-state index in [0.29, 0.717) is 15.2 Å². The minimum atomic E-state index is -4.02. The molecule has 182 valence electrons. The van der Waals surface area contributed by atoms with Gasteiger partial charge in [-0.25, -0.2) is 8.42 Å². The third-order valence-corrected chi connectivity index (χ3v) is 8.32. The minimum Gasteiger partial charge on any atom is -0.350 e. The number of amides is 1. The van der Waals surface area contributed by atoms with Crippen molar-refractivity contribution >= 4 is 54.8 Å². The summed E-state index contributed by atoms with van der Waals surface area (Å²) in [6.07, 6.45) is 0.749. The van der Waals surface area contributed by atoms with E-state index >= 15 is 0 Å². The van der Waals surface area contributed by atoms with Gasteiger partial charge in [0.1, 0.15) is 0 Å². The van der Waals surface area contributed by atoms with Gasteiger partial charge in [-0.1, -0.05) is 60.2 Å². The van der Waals surface area contributed by atoms with E-state index in [0.717, 1.165) is 23.3 Å². The highest BCUT2D eigenvalue weighted by Gasteiger charge is 2.21. The second-order valence-electron chi connectivity index (χ2n) is 8.11. The fraction of sp³-hybridized carbons (Fsp3) is 0.200. The maximum absolute atomic E-state index is 13.2. The van der Waals surface area contributed by atoms with E-state index in [1.54, 1.807) is 41.0 Å². The Morgan fingerprint density at radius 2 is 1.80 bits per heavy atom. The number of nitrogens with zero attached hydrogens (tertiary/aromatic N) is 1. The number of carbonyl (C=O) groups excluding carboxylic acids is 1. The molecule has 0 bridgehead atoms. The topological polar surface area (TPSA) is 97.3 Å². The molecule has 3 aromatic carbocycles. The molecule has 0 aliphatic rings. The predicted molar refractivity (Wildman–Crippen MR) is 141 cm³/mol. The van der Waals surface area contributed by atoms with Crippen molar-refractivity contribution < 1.29 is 13.2 Å². The zero-order valence-electron chi connectivity index (χ0n) is 19.1. The maximum Gasteiger partial charge on any atom is 0.308 e. The molecule has 0 saturated carbocycles. The molecule has 0 spiro atoms. The average Bonchev–Trinajstić information content (AvgIpc) is 3.14. The van der Waals surface area contributed by atoms with Crippen molar-refractivity contribution in [2.45, 2.75) is 37.8 Å². The molecule has 0 unspecified atom stereocenters. The van der Waals surface area contributed by atoms with Gasteiger partial charge >= 0.3 is 4.87 Å². The number of fused-ring (bicyclic) bond motifs is 1. The molecule has 1 heterocycles. The van der Waals surface area contributed by atoms with Gasteiger partial charge in [0.2, 0.25) is 0 Å². The largest absolute Gasteiger partial charge is 0.350 e. The Balaban J connectivity index is 1.65. The summed E-state index contributed by atoms with van der Waals surface area (Å²) >= 11 is 7.22. The van der Waals surface area contributed by atoms with Crippen molar-refractivity contribution in [1.82, 2.24) is 9.88 Å². The van der Waals surface area contributed by atoms with Crippen LogP contribution in [0.4, 0.5) is 5.69 Å². The van der Waals surface area contributed by atoms with Crippen LogP contribution >= 0.6 is 22.9 Å². The van der Waals surface area contributed by atoms with Crippen molar-refractivity contribution in [2.75, 3.05) is 4.72 Å². The van der Waals surface area contributed by atoms with Gasteiger partial charge in [0, 0.05) is 11.1 Å². The van der Waals surface area contributed by atoms with Crippen LogP contribution < -0.4 is 14.9 Å². The van der Waals surface area contributed by atoms with Crippen molar-refractivity contribution in [2.24, 2.45) is 0 Å². The van der Waals surface area contributed by atoms with Crippen LogP contribution in [0.15, 0.2) is 76.4 Å². The van der Waals surface area contributed by atoms with Crippen LogP contribution in [-0.2, 0) is 16.6 Å². The number of thiazole rings is 1. The summed E-state index contributed by atoms with van der Waals surface area (Å²) in [7, 11) is -4.02. The Morgan fingerprint density at radius 3 is 2.54 bits per heavy atom. The normalized spacial score (nSPS) is 12.4. The van der Waals surface area contributed by atoms with E-state index in [4.69, 9.17) is 11.6 Å². The third kappa shape index (κ3) is 5.42. The number of nitrogens with one attached hydrogen (secondary N) is 2. The maximum atomic E-state index is 13.2. The van der Waals surface area contributed by atoms with E-state index in [1.165, 1.54) is 12.1 Å². The summed E-state index contributed by atoms with van der Waals surface area (Å²) in [5.74, 6) is -0.358. The molecule has 4 aromatic rings. The number of halogens is 1. The van der Waals surface area contributed by atoms with Crippen molar-refractivity contribution in [1.29, 1.82) is 0 Å². The number of hydrogen-bond donors (Lipinski definition) is 2. The first-order valence-electron chi connectivity index (χ1n) is 11.0. The van der Waals surface area contributed by atoms with Gasteiger partial charge in [0.05, 0.1) is 32.9 Å². The fourth-order valence-electron chi connectivity index (χ4n) is 3.54. The molecule has 0 aliphatic carbocycles. The van der Waals surface area contributed by atoms with E-state index in [-0.39, 0.29) is 39.5 Å². The van der Waals surface area contributed by atoms with Crippen LogP contribution in [0.25, 0.3) is 10.2 Å². The van der Waals surface area contributed by atoms with Crippen LogP contribution in [0.3, 0.4) is 0 Å². The van der Waals surface area contributed by atoms with Crippen LogP contribution in [-0.4, -0.2) is 24.9 Å². The lowest BCUT2D eigenvalue weighted by atomic mass is 10.1. The minimum absolute atomic E-state index is 0.00622. The van der Waals surface area contributed by atoms with Crippen molar-refractivity contribution in [3.8, 4) is 0 Å². The average molecular weight is 530 g/mol. The van der Waals surface area contributed by atoms with Gasteiger partial charge < -0.3 is 5.32 Å². The SMILES string of the molecule is CC[C@@H](C)NC(=O)c1ccccc1NS(=O)(=O)c1ccc2c(c1)sc(=O)n2Cc1ccccc1Cl. The summed E-state index contributed by atoms with van der Waals surface area (Å²) < 4.78 is 31.0. The van der Waals surface area contributed by atoms with Gasteiger partial charge in [-0.3, -0.25) is 18.9 Å². The van der Waals surface area contributed by atoms with Gasteiger partial charge in [-0.2, -0.15) is 0 Å². The predicted octanol–water partition coefficient (Wildman–Crippen LogP) is 5.09. The molecule has 7 nitrogen and oxygen atoms in total. The number of sulfonamides is 1. The summed E-state index contributed by atoms with van der Waals surface area (Å²) in [6, 6.07) is 18.2. The molecule has 35 heavy (non-hydrogen) atoms. The fourth-order valence-corrected chi connectivity index (χ4v) is 5.84. The van der Waals surface area contributed by atoms with Crippen LogP contribution in [0.5, 0.6) is 0 Å². The molecule has 0 radical (unpaired) electrons. The molecule has 0 saturated heterocycles. The summed E-state index contributed by atoms with van der Waals surface area (Å²) in [5, 5.41) is 3.40. The second-order valence-corrected chi connectivity index (χ2v) is 11.2. The number of carbonyl (C=O) groups is 1. The molecular weight excluding hydrogens is 506 g/mol. The van der Waals surface area contributed by atoms with E-state index in [2.05, 4.69) is 10.0 Å². The molecule has 10 heteroatoms. The zero-order valence-corrected chi connectivity index (χ0v) is 21.5. The van der Waals surface area contributed by atoms with Crippen molar-refractivity contribution in [3.05, 3.63) is 92.5 Å². The highest BCUT2D eigenvalue weighted by Crippen LogP contribution is 2.26. The van der Waals surface area contributed by atoms with E-state index in [9.17, 15) is 18.0 Å². The molecule has 0 fully saturated rings. The number of aromatic nitrogens is 1. The molecule has 1 atom stereocenters. The lowest BCUT2D eigenvalue weighted by Crippen LogP contribution is -2.32. The van der Waals surface area contributed by atoms with E-state index in [1.807, 2.05) is 32.0 Å². The Hall–Kier alpha value is -3.14. The molecule has 1 aromatic heterocycles. The highest BCUT2D eigenvalue weighted by molar-refractivity contribution is 7.92. The standard InChI is InChI=1S/C25H24ClN3O4S2/c1-3-16(2)27-24(30)19-9-5-7-11-21(19)28-35(32,33)18-12-13-22-23(14-18)34-25(31)29(22)15-17-8-4-6-10-20(17)26/h4-14,16,28H,3,15H2,1-2H3,(H,27,30)/t16-/m1/s1. The summed E-state index contributed by atoms with van der Waals surface area (Å²) in [4.78, 5) is 25.1. The van der Waals surface area contributed by atoms with Gasteiger partial charge in [0.15, 0.2) is 0 Å². The molecule has 4 rings (SSSR count). The first-order valence-corrected chi connectivity index (χ1v) is 13.7. The lowest BCUT2D eigenvalue weighted by Gasteiger charge is -2.15. The first-order chi connectivity index (χ1) is 16.7. The van der Waals surface area contributed by atoms with Gasteiger partial charge in [0.25, 0.3) is 15.9 Å². The molecule has 2 N–H and O–H groups in total. The van der Waals surface area contributed by atoms with Crippen LogP contribution in [0, 0.1) is 0 Å². The Labute approximate surface area is 212 Å². The number of hydrogen-bond acceptors (Lipinski definition) is 5. The number of benzene rings is 3. The van der Waals surface area contributed by atoms with Crippen LogP contribution in [0.2, 0.25) is 5.02 Å². The Morgan fingerprint density at radius 1 is 1.09 bits per heavy atom. The van der Waals surface area contributed by atoms with Gasteiger partial charge in [-0.05, 0) is 55.3 Å². The van der Waals surface area contributed by atoms with Crippen molar-refractivity contribution in [3.63, 3.8) is 0 Å². The molecule has 0 aliphatic heterocycles. The van der Waals surface area contributed by atoms with E-state index < -0.39 is 10.0 Å². The zero-order chi connectivity index (χ0) is 25.2. The number of para-hydroxylation sites is 1. The summed E-state index contributed by atoms with van der Waals surface area (Å²) in [5.41, 5.74) is 1.82. The van der Waals surface area contributed by atoms with Gasteiger partial charge in [-0.15, -0.1) is 0 Å². The Bertz CT molecular complexity index is 1560. The molecular formula is C25H24ClN3O4S2. The second kappa shape index (κ2) is 10.2. The number of anilines is 1. The summed E-state index contributed by atoms with van der Waals surface area (Å²) in [6.45, 7) is 4.11. The number of rotatable bonds is 8. The first kappa shape index (κ1) is 25.0. The highest BCUT2D eigenvalue weighted by atomic mass is 35.5.